The van der Waals surface area contributed by atoms with Gasteiger partial charge in [0.2, 0.25) is 0 Å². The van der Waals surface area contributed by atoms with Crippen LogP contribution in [0.2, 0.25) is 0 Å². The van der Waals surface area contributed by atoms with E-state index in [0.717, 1.165) is 5.56 Å². The van der Waals surface area contributed by atoms with Gasteiger partial charge in [-0.15, -0.1) is 0 Å². The summed E-state index contributed by atoms with van der Waals surface area (Å²) in [7, 11) is 0. The van der Waals surface area contributed by atoms with Crippen molar-refractivity contribution in [3.63, 3.8) is 0 Å². The van der Waals surface area contributed by atoms with Crippen LogP contribution in [0, 0.1) is 13.8 Å². The molecular formula is C11H15N. The second-order valence-electron chi connectivity index (χ2n) is 2.98. The van der Waals surface area contributed by atoms with E-state index in [9.17, 15) is 0 Å². The van der Waals surface area contributed by atoms with Gasteiger partial charge in [0, 0.05) is 6.54 Å². The number of nitrogens with two attached hydrogens (primary N) is 1. The lowest BCUT2D eigenvalue weighted by molar-refractivity contribution is 1.03. The number of hydrogen-bond acceptors (Lipinski definition) is 1. The summed E-state index contributed by atoms with van der Waals surface area (Å²) in [5.41, 5.74) is 10.6. The van der Waals surface area contributed by atoms with Crippen LogP contribution in [0.3, 0.4) is 0 Å². The summed E-state index contributed by atoms with van der Waals surface area (Å²) in [4.78, 5) is 0. The van der Waals surface area contributed by atoms with E-state index >= 15 is 0 Å². The zero-order valence-corrected chi connectivity index (χ0v) is 7.72. The predicted molar refractivity (Wildman–Crippen MR) is 53.9 cm³/mol. The van der Waals surface area contributed by atoms with E-state index in [1.165, 1.54) is 16.7 Å². The van der Waals surface area contributed by atoms with Gasteiger partial charge in [0.25, 0.3) is 0 Å². The largest absolute Gasteiger partial charge is 0.326 e. The lowest BCUT2D eigenvalue weighted by Gasteiger charge is -2.09. The van der Waals surface area contributed by atoms with Crippen LogP contribution in [0.4, 0.5) is 0 Å². The Bertz CT molecular complexity index is 300. The van der Waals surface area contributed by atoms with Crippen molar-refractivity contribution in [1.29, 1.82) is 0 Å². The summed E-state index contributed by atoms with van der Waals surface area (Å²) in [6, 6.07) is 4.17. The highest BCUT2D eigenvalue weighted by molar-refractivity contribution is 5.55. The molecule has 1 nitrogen and oxygen atoms in total. The topological polar surface area (TPSA) is 26.0 Å². The monoisotopic (exact) mass is 161 g/mol. The summed E-state index contributed by atoms with van der Waals surface area (Å²) in [5.74, 6) is 0. The highest BCUT2D eigenvalue weighted by atomic mass is 14.5. The molecule has 0 unspecified atom stereocenters. The summed E-state index contributed by atoms with van der Waals surface area (Å²) in [6.07, 6.45) is 1.86. The summed E-state index contributed by atoms with van der Waals surface area (Å²) in [5, 5.41) is 0. The average Bonchev–Trinajstić information content (AvgIpc) is 2.09. The van der Waals surface area contributed by atoms with Crippen LogP contribution in [0.25, 0.3) is 6.08 Å². The third-order valence-electron chi connectivity index (χ3n) is 2.33. The van der Waals surface area contributed by atoms with Crippen molar-refractivity contribution in [2.24, 2.45) is 5.73 Å². The minimum atomic E-state index is 0.592. The van der Waals surface area contributed by atoms with Crippen LogP contribution in [-0.2, 0) is 6.54 Å². The Kier molecular flexibility index (Phi) is 2.66. The maximum absolute atomic E-state index is 5.65. The van der Waals surface area contributed by atoms with E-state index in [4.69, 9.17) is 5.73 Å². The van der Waals surface area contributed by atoms with E-state index in [0.29, 0.717) is 6.54 Å². The molecule has 0 heterocycles. The average molecular weight is 161 g/mol. The quantitative estimate of drug-likeness (QED) is 0.708. The second-order valence-corrected chi connectivity index (χ2v) is 2.98. The van der Waals surface area contributed by atoms with E-state index in [1.807, 2.05) is 6.08 Å². The fourth-order valence-electron chi connectivity index (χ4n) is 1.36. The highest BCUT2D eigenvalue weighted by Crippen LogP contribution is 2.18. The molecule has 2 N–H and O–H groups in total. The molecule has 0 aliphatic rings. The van der Waals surface area contributed by atoms with Gasteiger partial charge in [-0.05, 0) is 36.1 Å². The predicted octanol–water partition coefficient (Wildman–Crippen LogP) is 2.41. The molecule has 1 aromatic rings. The third-order valence-corrected chi connectivity index (χ3v) is 2.33. The lowest BCUT2D eigenvalue weighted by Crippen LogP contribution is -2.03. The molecular weight excluding hydrogens is 146 g/mol. The summed E-state index contributed by atoms with van der Waals surface area (Å²) >= 11 is 0. The van der Waals surface area contributed by atoms with Crippen LogP contribution in [-0.4, -0.2) is 0 Å². The number of hydrogen-bond donors (Lipinski definition) is 1. The molecule has 64 valence electrons. The van der Waals surface area contributed by atoms with E-state index < -0.39 is 0 Å². The van der Waals surface area contributed by atoms with Crippen molar-refractivity contribution >= 4 is 6.08 Å². The molecule has 0 atom stereocenters. The molecule has 0 saturated carbocycles. The SMILES string of the molecule is C=Cc1ccc(C)c(C)c1CN. The van der Waals surface area contributed by atoms with Crippen molar-refractivity contribution in [2.45, 2.75) is 20.4 Å². The fourth-order valence-corrected chi connectivity index (χ4v) is 1.36. The van der Waals surface area contributed by atoms with Crippen molar-refractivity contribution in [3.05, 3.63) is 41.0 Å². The molecule has 0 radical (unpaired) electrons. The first-order valence-electron chi connectivity index (χ1n) is 4.12. The number of aryl methyl sites for hydroxylation is 1. The first-order valence-corrected chi connectivity index (χ1v) is 4.12. The minimum Gasteiger partial charge on any atom is -0.326 e. The van der Waals surface area contributed by atoms with Crippen molar-refractivity contribution in [3.8, 4) is 0 Å². The van der Waals surface area contributed by atoms with Gasteiger partial charge in [0.15, 0.2) is 0 Å². The Morgan fingerprint density at radius 1 is 1.42 bits per heavy atom. The van der Waals surface area contributed by atoms with Crippen LogP contribution in [0.15, 0.2) is 18.7 Å². The van der Waals surface area contributed by atoms with Gasteiger partial charge in [-0.3, -0.25) is 0 Å². The van der Waals surface area contributed by atoms with E-state index in [-0.39, 0.29) is 0 Å². The highest BCUT2D eigenvalue weighted by Gasteiger charge is 2.02. The van der Waals surface area contributed by atoms with E-state index in [1.54, 1.807) is 0 Å². The van der Waals surface area contributed by atoms with Crippen molar-refractivity contribution in [1.82, 2.24) is 0 Å². The molecule has 0 amide bonds. The molecule has 0 fully saturated rings. The van der Waals surface area contributed by atoms with Gasteiger partial charge in [-0.1, -0.05) is 24.8 Å². The Morgan fingerprint density at radius 3 is 2.58 bits per heavy atom. The van der Waals surface area contributed by atoms with Gasteiger partial charge in [-0.2, -0.15) is 0 Å². The van der Waals surface area contributed by atoms with Crippen LogP contribution >= 0.6 is 0 Å². The van der Waals surface area contributed by atoms with Gasteiger partial charge >= 0.3 is 0 Å². The normalized spacial score (nSPS) is 9.92. The molecule has 0 saturated heterocycles. The molecule has 1 rings (SSSR count). The standard InChI is InChI=1S/C11H15N/c1-4-10-6-5-8(2)9(3)11(10)7-12/h4-6H,1,7,12H2,2-3H3. The van der Waals surface area contributed by atoms with Gasteiger partial charge in [0.05, 0.1) is 0 Å². The van der Waals surface area contributed by atoms with Crippen molar-refractivity contribution < 1.29 is 0 Å². The van der Waals surface area contributed by atoms with Crippen molar-refractivity contribution in [2.75, 3.05) is 0 Å². The molecule has 12 heavy (non-hydrogen) atoms. The molecule has 1 aromatic carbocycles. The Morgan fingerprint density at radius 2 is 2.08 bits per heavy atom. The van der Waals surface area contributed by atoms with Gasteiger partial charge in [-0.25, -0.2) is 0 Å². The maximum Gasteiger partial charge on any atom is 0.0186 e. The zero-order valence-electron chi connectivity index (χ0n) is 7.72. The smallest absolute Gasteiger partial charge is 0.0186 e. The first-order chi connectivity index (χ1) is 5.70. The zero-order chi connectivity index (χ0) is 9.14. The van der Waals surface area contributed by atoms with Gasteiger partial charge in [0.1, 0.15) is 0 Å². The van der Waals surface area contributed by atoms with Gasteiger partial charge < -0.3 is 5.73 Å². The Hall–Kier alpha value is -1.08. The Labute approximate surface area is 73.9 Å². The summed E-state index contributed by atoms with van der Waals surface area (Å²) < 4.78 is 0. The third kappa shape index (κ3) is 1.41. The lowest BCUT2D eigenvalue weighted by atomic mass is 9.98. The molecule has 1 heteroatoms. The molecule has 0 bridgehead atoms. The summed E-state index contributed by atoms with van der Waals surface area (Å²) in [6.45, 7) is 8.55. The van der Waals surface area contributed by atoms with Crippen LogP contribution in [0.5, 0.6) is 0 Å². The molecule has 0 aliphatic carbocycles. The van der Waals surface area contributed by atoms with Crippen LogP contribution < -0.4 is 5.73 Å². The molecule has 0 spiro atoms. The van der Waals surface area contributed by atoms with Crippen LogP contribution in [0.1, 0.15) is 22.3 Å². The number of rotatable bonds is 2. The minimum absolute atomic E-state index is 0.592. The first kappa shape index (κ1) is 9.01. The Balaban J connectivity index is 3.35. The molecule has 0 aromatic heterocycles. The fraction of sp³-hybridized carbons (Fsp3) is 0.273. The maximum atomic E-state index is 5.65. The molecule has 0 aliphatic heterocycles. The number of benzene rings is 1. The van der Waals surface area contributed by atoms with E-state index in [2.05, 4.69) is 32.6 Å². The second kappa shape index (κ2) is 3.55.